The number of unbranched alkanes of at least 4 members (excludes halogenated alkanes) is 3. The minimum absolute atomic E-state index is 0.341. The Morgan fingerprint density at radius 1 is 1.50 bits per heavy atom. The van der Waals surface area contributed by atoms with Crippen LogP contribution in [-0.2, 0) is 4.79 Å². The fraction of sp³-hybridized carbons (Fsp3) is 0.700. The second-order valence-corrected chi connectivity index (χ2v) is 3.05. The molecule has 0 aliphatic rings. The van der Waals surface area contributed by atoms with Crippen LogP contribution < -0.4 is 0 Å². The largest absolute Gasteiger partial charge is 0.481 e. The summed E-state index contributed by atoms with van der Waals surface area (Å²) in [5, 5.41) is 8.53. The number of carbonyl (C=O) groups is 1. The van der Waals surface area contributed by atoms with Gasteiger partial charge in [0, 0.05) is 0 Å². The van der Waals surface area contributed by atoms with E-state index in [9.17, 15) is 4.79 Å². The van der Waals surface area contributed by atoms with E-state index in [1.807, 2.05) is 6.08 Å². The summed E-state index contributed by atoms with van der Waals surface area (Å²) >= 11 is 0. The summed E-state index contributed by atoms with van der Waals surface area (Å²) in [5.41, 5.74) is 0. The molecule has 1 unspecified atom stereocenters. The van der Waals surface area contributed by atoms with Crippen LogP contribution in [0.1, 0.15) is 39.5 Å². The van der Waals surface area contributed by atoms with Crippen LogP contribution in [-0.4, -0.2) is 11.1 Å². The normalized spacial score (nSPS) is 13.5. The summed E-state index contributed by atoms with van der Waals surface area (Å²) < 4.78 is 0. The van der Waals surface area contributed by atoms with Gasteiger partial charge in [0.2, 0.25) is 0 Å². The van der Waals surface area contributed by atoms with E-state index < -0.39 is 5.97 Å². The zero-order valence-corrected chi connectivity index (χ0v) is 7.92. The Balaban J connectivity index is 3.41. The van der Waals surface area contributed by atoms with Crippen molar-refractivity contribution in [3.05, 3.63) is 12.2 Å². The average molecular weight is 170 g/mol. The second kappa shape index (κ2) is 6.89. The first-order valence-electron chi connectivity index (χ1n) is 4.58. The van der Waals surface area contributed by atoms with Crippen LogP contribution in [0.25, 0.3) is 0 Å². The molecule has 0 amide bonds. The lowest BCUT2D eigenvalue weighted by atomic mass is 10.1. The standard InChI is InChI=1S/C10H18O2/c1-3-4-5-6-7-8-9(2)10(11)12/h7-9H,3-6H2,1-2H3,(H,11,12)/b8-7+. The van der Waals surface area contributed by atoms with Crippen molar-refractivity contribution in [2.75, 3.05) is 0 Å². The molecule has 0 radical (unpaired) electrons. The third-order valence-electron chi connectivity index (χ3n) is 1.79. The molecule has 0 aromatic heterocycles. The van der Waals surface area contributed by atoms with E-state index >= 15 is 0 Å². The molecule has 0 aliphatic heterocycles. The van der Waals surface area contributed by atoms with E-state index in [0.717, 1.165) is 6.42 Å². The third kappa shape index (κ3) is 5.96. The van der Waals surface area contributed by atoms with Gasteiger partial charge in [0.25, 0.3) is 0 Å². The van der Waals surface area contributed by atoms with Crippen LogP contribution in [0.5, 0.6) is 0 Å². The first-order valence-corrected chi connectivity index (χ1v) is 4.58. The van der Waals surface area contributed by atoms with E-state index in [-0.39, 0.29) is 5.92 Å². The molecular formula is C10H18O2. The highest BCUT2D eigenvalue weighted by molar-refractivity contribution is 5.71. The highest BCUT2D eigenvalue weighted by atomic mass is 16.4. The minimum atomic E-state index is -0.748. The van der Waals surface area contributed by atoms with E-state index in [1.165, 1.54) is 19.3 Å². The van der Waals surface area contributed by atoms with Gasteiger partial charge in [-0.3, -0.25) is 4.79 Å². The van der Waals surface area contributed by atoms with E-state index in [0.29, 0.717) is 0 Å². The van der Waals surface area contributed by atoms with Gasteiger partial charge in [-0.2, -0.15) is 0 Å². The fourth-order valence-corrected chi connectivity index (χ4v) is 0.895. The first kappa shape index (κ1) is 11.2. The number of carboxylic acids is 1. The maximum absolute atomic E-state index is 10.4. The Morgan fingerprint density at radius 3 is 2.67 bits per heavy atom. The highest BCUT2D eigenvalue weighted by Gasteiger charge is 2.04. The number of allylic oxidation sites excluding steroid dienone is 1. The van der Waals surface area contributed by atoms with Crippen molar-refractivity contribution in [2.24, 2.45) is 5.92 Å². The van der Waals surface area contributed by atoms with Crippen LogP contribution in [0.15, 0.2) is 12.2 Å². The van der Waals surface area contributed by atoms with Crippen molar-refractivity contribution in [1.29, 1.82) is 0 Å². The third-order valence-corrected chi connectivity index (χ3v) is 1.79. The number of hydrogen-bond donors (Lipinski definition) is 1. The molecule has 12 heavy (non-hydrogen) atoms. The average Bonchev–Trinajstić information content (AvgIpc) is 2.03. The Bertz CT molecular complexity index is 150. The molecule has 0 spiro atoms. The van der Waals surface area contributed by atoms with Gasteiger partial charge >= 0.3 is 5.97 Å². The van der Waals surface area contributed by atoms with Crippen molar-refractivity contribution in [2.45, 2.75) is 39.5 Å². The maximum atomic E-state index is 10.4. The molecule has 0 saturated heterocycles. The molecule has 0 saturated carbocycles. The molecule has 70 valence electrons. The second-order valence-electron chi connectivity index (χ2n) is 3.05. The lowest BCUT2D eigenvalue weighted by molar-refractivity contribution is -0.139. The van der Waals surface area contributed by atoms with Crippen molar-refractivity contribution in [3.63, 3.8) is 0 Å². The number of aliphatic carboxylic acids is 1. The lowest BCUT2D eigenvalue weighted by Crippen LogP contribution is -2.05. The molecule has 2 heteroatoms. The van der Waals surface area contributed by atoms with E-state index in [4.69, 9.17) is 5.11 Å². The molecular weight excluding hydrogens is 152 g/mol. The summed E-state index contributed by atoms with van der Waals surface area (Å²) in [6, 6.07) is 0. The first-order chi connectivity index (χ1) is 5.68. The van der Waals surface area contributed by atoms with Crippen LogP contribution in [0.3, 0.4) is 0 Å². The predicted molar refractivity (Wildman–Crippen MR) is 50.1 cm³/mol. The Labute approximate surface area is 74.3 Å². The molecule has 0 fully saturated rings. The summed E-state index contributed by atoms with van der Waals surface area (Å²) in [4.78, 5) is 10.4. The number of hydrogen-bond acceptors (Lipinski definition) is 1. The molecule has 1 N–H and O–H groups in total. The zero-order chi connectivity index (χ0) is 9.40. The smallest absolute Gasteiger partial charge is 0.310 e. The van der Waals surface area contributed by atoms with Crippen LogP contribution in [0.4, 0.5) is 0 Å². The van der Waals surface area contributed by atoms with Crippen molar-refractivity contribution in [3.8, 4) is 0 Å². The SMILES string of the molecule is CCCCC/C=C/C(C)C(=O)O. The quantitative estimate of drug-likeness (QED) is 0.491. The molecule has 0 bridgehead atoms. The van der Waals surface area contributed by atoms with Gasteiger partial charge in [-0.05, 0) is 19.8 Å². The highest BCUT2D eigenvalue weighted by Crippen LogP contribution is 2.02. The molecule has 1 atom stereocenters. The van der Waals surface area contributed by atoms with Crippen LogP contribution in [0.2, 0.25) is 0 Å². The van der Waals surface area contributed by atoms with E-state index in [2.05, 4.69) is 6.92 Å². The van der Waals surface area contributed by atoms with Gasteiger partial charge in [0.1, 0.15) is 0 Å². The summed E-state index contributed by atoms with van der Waals surface area (Å²) in [7, 11) is 0. The zero-order valence-electron chi connectivity index (χ0n) is 7.92. The predicted octanol–water partition coefficient (Wildman–Crippen LogP) is 2.84. The van der Waals surface area contributed by atoms with Crippen LogP contribution in [0, 0.1) is 5.92 Å². The molecule has 2 nitrogen and oxygen atoms in total. The van der Waals surface area contributed by atoms with Gasteiger partial charge in [0.05, 0.1) is 5.92 Å². The number of carboxylic acid groups (broad SMARTS) is 1. The topological polar surface area (TPSA) is 37.3 Å². The van der Waals surface area contributed by atoms with Gasteiger partial charge in [0.15, 0.2) is 0 Å². The molecule has 0 heterocycles. The van der Waals surface area contributed by atoms with Crippen LogP contribution >= 0.6 is 0 Å². The number of rotatable bonds is 6. The van der Waals surface area contributed by atoms with Gasteiger partial charge in [-0.1, -0.05) is 31.9 Å². The van der Waals surface area contributed by atoms with Gasteiger partial charge in [-0.25, -0.2) is 0 Å². The monoisotopic (exact) mass is 170 g/mol. The van der Waals surface area contributed by atoms with Gasteiger partial charge in [-0.15, -0.1) is 0 Å². The van der Waals surface area contributed by atoms with Crippen molar-refractivity contribution < 1.29 is 9.90 Å². The maximum Gasteiger partial charge on any atom is 0.310 e. The minimum Gasteiger partial charge on any atom is -0.481 e. The van der Waals surface area contributed by atoms with E-state index in [1.54, 1.807) is 13.0 Å². The van der Waals surface area contributed by atoms with Crippen molar-refractivity contribution in [1.82, 2.24) is 0 Å². The summed E-state index contributed by atoms with van der Waals surface area (Å²) in [5.74, 6) is -1.09. The summed E-state index contributed by atoms with van der Waals surface area (Å²) in [6.07, 6.45) is 8.34. The molecule has 0 aromatic carbocycles. The molecule has 0 rings (SSSR count). The Kier molecular flexibility index (Phi) is 6.44. The Morgan fingerprint density at radius 2 is 2.17 bits per heavy atom. The molecule has 0 aromatic rings. The van der Waals surface area contributed by atoms with Crippen molar-refractivity contribution >= 4 is 5.97 Å². The summed E-state index contributed by atoms with van der Waals surface area (Å²) in [6.45, 7) is 3.85. The van der Waals surface area contributed by atoms with Gasteiger partial charge < -0.3 is 5.11 Å². The fourth-order valence-electron chi connectivity index (χ4n) is 0.895. The lowest BCUT2D eigenvalue weighted by Gasteiger charge is -1.97. The molecule has 0 aliphatic carbocycles. The Hall–Kier alpha value is -0.790.